The van der Waals surface area contributed by atoms with Crippen molar-refractivity contribution < 1.29 is 29.1 Å². The van der Waals surface area contributed by atoms with Crippen LogP contribution >= 0.6 is 23.1 Å². The molecule has 40 heavy (non-hydrogen) atoms. The van der Waals surface area contributed by atoms with Crippen molar-refractivity contribution >= 4 is 57.6 Å². The summed E-state index contributed by atoms with van der Waals surface area (Å²) in [4.78, 5) is 64.4. The maximum Gasteiger partial charge on any atom is 0.352 e. The Bertz CT molecular complexity index is 1340. The van der Waals surface area contributed by atoms with Gasteiger partial charge in [-0.25, -0.2) is 9.78 Å². The molecule has 1 aromatic rings. The molecule has 212 valence electrons. The molecular weight excluding hydrogens is 556 g/mol. The highest BCUT2D eigenvalue weighted by Crippen LogP contribution is 2.41. The Morgan fingerprint density at radius 1 is 1.25 bits per heavy atom. The van der Waals surface area contributed by atoms with Gasteiger partial charge in [0.15, 0.2) is 10.8 Å². The number of amides is 3. The average molecular weight is 587 g/mol. The van der Waals surface area contributed by atoms with E-state index < -0.39 is 29.2 Å². The summed E-state index contributed by atoms with van der Waals surface area (Å²) in [6, 6.07) is -0.948. The standard InChI is InChI=1S/C26H30N6O6S2/c27-26-28-17(12-40-26)18(30-38-16-3-1-2-4-16)21(33)29-19-23(35)32-20(25(36)37)15(11-39-24(19)32)9-14-7-8-31(22(14)34)10-13-5-6-13/h9,12-13,16,19,24H,1-8,10-11H2,(H2,27,28)(H,29,33)(H,36,37)/t19-,24-/m1/s1. The van der Waals surface area contributed by atoms with E-state index in [1.807, 2.05) is 4.90 Å². The number of nitrogens with one attached hydrogen (secondary N) is 1. The van der Waals surface area contributed by atoms with E-state index >= 15 is 0 Å². The van der Waals surface area contributed by atoms with Gasteiger partial charge in [0, 0.05) is 29.8 Å². The lowest BCUT2D eigenvalue weighted by Gasteiger charge is -2.49. The quantitative estimate of drug-likeness (QED) is 0.169. The van der Waals surface area contributed by atoms with Crippen LogP contribution in [0.4, 0.5) is 5.13 Å². The number of carbonyl (C=O) groups is 4. The molecule has 3 amide bonds. The minimum atomic E-state index is -1.25. The molecule has 14 heteroatoms. The molecule has 4 fully saturated rings. The maximum atomic E-state index is 13.3. The van der Waals surface area contributed by atoms with E-state index in [4.69, 9.17) is 10.6 Å². The molecule has 0 radical (unpaired) electrons. The predicted molar refractivity (Wildman–Crippen MR) is 148 cm³/mol. The van der Waals surface area contributed by atoms with Gasteiger partial charge in [0.2, 0.25) is 5.91 Å². The molecule has 3 aliphatic heterocycles. The highest BCUT2D eigenvalue weighted by atomic mass is 32.2. The van der Waals surface area contributed by atoms with Gasteiger partial charge in [-0.2, -0.15) is 0 Å². The third-order valence-electron chi connectivity index (χ3n) is 7.80. The number of thioether (sulfide) groups is 1. The lowest BCUT2D eigenvalue weighted by Crippen LogP contribution is -2.71. The Morgan fingerprint density at radius 2 is 2.02 bits per heavy atom. The highest BCUT2D eigenvalue weighted by Gasteiger charge is 2.54. The molecule has 4 heterocycles. The van der Waals surface area contributed by atoms with E-state index in [0.29, 0.717) is 30.0 Å². The summed E-state index contributed by atoms with van der Waals surface area (Å²) >= 11 is 2.50. The third-order valence-corrected chi connectivity index (χ3v) is 9.77. The zero-order valence-corrected chi connectivity index (χ0v) is 23.3. The summed E-state index contributed by atoms with van der Waals surface area (Å²) in [5.74, 6) is -1.65. The van der Waals surface area contributed by atoms with Crippen LogP contribution in [0.15, 0.2) is 33.5 Å². The number of allylic oxidation sites excluding steroid dienone is 1. The van der Waals surface area contributed by atoms with E-state index in [1.54, 1.807) is 11.5 Å². The minimum absolute atomic E-state index is 0.0642. The summed E-state index contributed by atoms with van der Waals surface area (Å²) in [6.07, 6.45) is 8.14. The number of carbonyl (C=O) groups excluding carboxylic acids is 3. The number of carboxylic acid groups (broad SMARTS) is 1. The number of nitrogens with two attached hydrogens (primary N) is 1. The smallest absolute Gasteiger partial charge is 0.352 e. The Hall–Kier alpha value is -3.39. The SMILES string of the molecule is Nc1nc(C(=NOC2CCCC2)C(=O)N[C@@H]2C(=O)N3C(C(=O)O)=C(C=C4CCN(CC5CC5)C4=O)CS[C@H]23)cs1. The molecule has 2 atom stereocenters. The van der Waals surface area contributed by atoms with Gasteiger partial charge >= 0.3 is 5.97 Å². The number of fused-ring (bicyclic) bond motifs is 1. The lowest BCUT2D eigenvalue weighted by atomic mass is 10.0. The Morgan fingerprint density at radius 3 is 2.70 bits per heavy atom. The lowest BCUT2D eigenvalue weighted by molar-refractivity contribution is -0.150. The van der Waals surface area contributed by atoms with Crippen molar-refractivity contribution in [2.45, 2.75) is 62.5 Å². The van der Waals surface area contributed by atoms with Crippen molar-refractivity contribution in [3.8, 4) is 0 Å². The van der Waals surface area contributed by atoms with Gasteiger partial charge in [0.05, 0.1) is 0 Å². The molecule has 0 bridgehead atoms. The third kappa shape index (κ3) is 5.21. The number of anilines is 1. The second-order valence-electron chi connectivity index (χ2n) is 10.7. The van der Waals surface area contributed by atoms with Gasteiger partial charge in [0.1, 0.15) is 28.9 Å². The van der Waals surface area contributed by atoms with Crippen LogP contribution in [0.5, 0.6) is 0 Å². The second-order valence-corrected chi connectivity index (χ2v) is 12.7. The molecule has 1 aromatic heterocycles. The molecule has 0 unspecified atom stereocenters. The number of carboxylic acids is 1. The van der Waals surface area contributed by atoms with E-state index in [0.717, 1.165) is 56.4 Å². The van der Waals surface area contributed by atoms with E-state index in [1.165, 1.54) is 16.7 Å². The number of rotatable bonds is 9. The Kier molecular flexibility index (Phi) is 7.29. The van der Waals surface area contributed by atoms with Crippen molar-refractivity contribution in [1.82, 2.24) is 20.1 Å². The molecule has 2 aliphatic carbocycles. The van der Waals surface area contributed by atoms with Crippen LogP contribution in [0, 0.1) is 5.92 Å². The van der Waals surface area contributed by atoms with E-state index in [2.05, 4.69) is 15.5 Å². The van der Waals surface area contributed by atoms with Gasteiger partial charge in [0.25, 0.3) is 11.8 Å². The summed E-state index contributed by atoms with van der Waals surface area (Å²) in [7, 11) is 0. The average Bonchev–Trinajstić information content (AvgIpc) is 3.24. The molecule has 0 aromatic carbocycles. The van der Waals surface area contributed by atoms with Crippen molar-refractivity contribution in [3.63, 3.8) is 0 Å². The van der Waals surface area contributed by atoms with Crippen molar-refractivity contribution in [2.24, 2.45) is 11.1 Å². The van der Waals surface area contributed by atoms with Crippen molar-refractivity contribution in [2.75, 3.05) is 24.6 Å². The van der Waals surface area contributed by atoms with Crippen LogP contribution in [-0.2, 0) is 24.0 Å². The zero-order valence-electron chi connectivity index (χ0n) is 21.7. The van der Waals surface area contributed by atoms with Crippen molar-refractivity contribution in [1.29, 1.82) is 0 Å². The summed E-state index contributed by atoms with van der Waals surface area (Å²) in [5.41, 5.74) is 6.77. The second kappa shape index (κ2) is 10.9. The summed E-state index contributed by atoms with van der Waals surface area (Å²) < 4.78 is 0. The topological polar surface area (TPSA) is 168 Å². The number of likely N-dealkylation sites (tertiary alicyclic amines) is 1. The first-order valence-corrected chi connectivity index (χ1v) is 15.4. The van der Waals surface area contributed by atoms with E-state index in [9.17, 15) is 24.3 Å². The predicted octanol–water partition coefficient (Wildman–Crippen LogP) is 1.70. The zero-order chi connectivity index (χ0) is 28.0. The number of nitrogens with zero attached hydrogens (tertiary/aromatic N) is 4. The molecule has 2 saturated heterocycles. The number of β-lactam (4-membered cyclic amide) rings is 1. The first-order chi connectivity index (χ1) is 19.3. The van der Waals surface area contributed by atoms with Crippen LogP contribution < -0.4 is 11.1 Å². The maximum absolute atomic E-state index is 13.3. The summed E-state index contributed by atoms with van der Waals surface area (Å²) in [6.45, 7) is 1.37. The van der Waals surface area contributed by atoms with Crippen LogP contribution in [0.2, 0.25) is 0 Å². The van der Waals surface area contributed by atoms with Gasteiger partial charge < -0.3 is 25.9 Å². The van der Waals surface area contributed by atoms with Gasteiger partial charge in [-0.15, -0.1) is 23.1 Å². The number of nitrogen functional groups attached to an aromatic ring is 1. The number of hydrogen-bond acceptors (Lipinski definition) is 10. The van der Waals surface area contributed by atoms with Gasteiger partial charge in [-0.3, -0.25) is 19.3 Å². The molecule has 2 saturated carbocycles. The molecule has 5 aliphatic rings. The normalized spacial score (nSPS) is 26.4. The first-order valence-electron chi connectivity index (χ1n) is 13.5. The number of aromatic nitrogens is 1. The molecule has 6 rings (SSSR count). The first kappa shape index (κ1) is 26.8. The fourth-order valence-electron chi connectivity index (χ4n) is 5.48. The number of hydrogen-bond donors (Lipinski definition) is 3. The molecule has 12 nitrogen and oxygen atoms in total. The van der Waals surface area contributed by atoms with Crippen LogP contribution in [-0.4, -0.2) is 85.7 Å². The molecular formula is C26H30N6O6S2. The van der Waals surface area contributed by atoms with Gasteiger partial charge in [-0.05, 0) is 62.5 Å². The van der Waals surface area contributed by atoms with E-state index in [-0.39, 0.29) is 40.0 Å². The highest BCUT2D eigenvalue weighted by molar-refractivity contribution is 8.00. The number of oxime groups is 1. The van der Waals surface area contributed by atoms with Gasteiger partial charge in [-0.1, -0.05) is 5.16 Å². The number of aliphatic carboxylic acids is 1. The monoisotopic (exact) mass is 586 g/mol. The molecule has 0 spiro atoms. The fraction of sp³-hybridized carbons (Fsp3) is 0.538. The Labute approximate surface area is 238 Å². The van der Waals surface area contributed by atoms with Crippen molar-refractivity contribution in [3.05, 3.63) is 34.0 Å². The molecule has 4 N–H and O–H groups in total. The largest absolute Gasteiger partial charge is 0.477 e. The summed E-state index contributed by atoms with van der Waals surface area (Å²) in [5, 5.41) is 18.1. The Balaban J connectivity index is 1.18. The minimum Gasteiger partial charge on any atom is -0.477 e. The number of thiazole rings is 1. The van der Waals surface area contributed by atoms with Crippen LogP contribution in [0.3, 0.4) is 0 Å². The fourth-order valence-corrected chi connectivity index (χ4v) is 7.34. The van der Waals surface area contributed by atoms with Crippen LogP contribution in [0.1, 0.15) is 50.6 Å². The van der Waals surface area contributed by atoms with Crippen LogP contribution in [0.25, 0.3) is 0 Å².